The van der Waals surface area contributed by atoms with Crippen molar-refractivity contribution in [3.8, 4) is 0 Å². The number of nitrogens with one attached hydrogen (secondary N) is 1. The molecule has 0 bridgehead atoms. The van der Waals surface area contributed by atoms with Crippen LogP contribution in [-0.4, -0.2) is 20.9 Å². The van der Waals surface area contributed by atoms with Crippen molar-refractivity contribution in [1.82, 2.24) is 14.3 Å². The normalized spacial score (nSPS) is 12.1. The number of anilines is 1. The smallest absolute Gasteiger partial charge is 0.346 e. The first-order chi connectivity index (χ1) is 10.0. The molecule has 0 aliphatic carbocycles. The average Bonchev–Trinajstić information content (AvgIpc) is 2.51. The first-order valence-corrected chi connectivity index (χ1v) is 6.94. The van der Waals surface area contributed by atoms with Gasteiger partial charge in [-0.05, 0) is 17.9 Å². The third-order valence-corrected chi connectivity index (χ3v) is 3.56. The lowest BCUT2D eigenvalue weighted by atomic mass is 9.98. The molecular formula is C15H20N4O2. The van der Waals surface area contributed by atoms with Gasteiger partial charge in [-0.25, -0.2) is 9.48 Å². The summed E-state index contributed by atoms with van der Waals surface area (Å²) in [5.41, 5.74) is 0.439. The lowest BCUT2D eigenvalue weighted by molar-refractivity contribution is 0.601. The highest BCUT2D eigenvalue weighted by molar-refractivity contribution is 5.29. The standard InChI is InChI=1S/C15H20N4O2/c1-11(12-7-5-4-6-8-12)9-10-16-13-14(20)18(2)15(21)19(3)17-13/h4-8,11H,9-10H2,1-3H3,(H,16,17). The van der Waals surface area contributed by atoms with Crippen molar-refractivity contribution < 1.29 is 0 Å². The van der Waals surface area contributed by atoms with E-state index >= 15 is 0 Å². The molecule has 2 rings (SSSR count). The summed E-state index contributed by atoms with van der Waals surface area (Å²) < 4.78 is 2.21. The first-order valence-electron chi connectivity index (χ1n) is 6.94. The van der Waals surface area contributed by atoms with Gasteiger partial charge in [-0.3, -0.25) is 9.36 Å². The minimum absolute atomic E-state index is 0.208. The van der Waals surface area contributed by atoms with Crippen LogP contribution in [0.4, 0.5) is 5.82 Å². The van der Waals surface area contributed by atoms with Gasteiger partial charge in [-0.2, -0.15) is 0 Å². The Morgan fingerprint density at radius 3 is 2.52 bits per heavy atom. The summed E-state index contributed by atoms with van der Waals surface area (Å²) in [6.45, 7) is 2.76. The molecule has 112 valence electrons. The molecule has 1 unspecified atom stereocenters. The number of rotatable bonds is 5. The summed E-state index contributed by atoms with van der Waals surface area (Å²) in [5.74, 6) is 0.593. The first kappa shape index (κ1) is 15.0. The van der Waals surface area contributed by atoms with Crippen LogP contribution in [0.15, 0.2) is 39.9 Å². The van der Waals surface area contributed by atoms with Crippen LogP contribution in [0.1, 0.15) is 24.8 Å². The van der Waals surface area contributed by atoms with Crippen LogP contribution in [-0.2, 0) is 14.1 Å². The molecule has 0 saturated heterocycles. The lowest BCUT2D eigenvalue weighted by Crippen LogP contribution is -2.40. The Balaban J connectivity index is 2.02. The second kappa shape index (κ2) is 6.39. The summed E-state index contributed by atoms with van der Waals surface area (Å²) >= 11 is 0. The fraction of sp³-hybridized carbons (Fsp3) is 0.400. The average molecular weight is 288 g/mol. The van der Waals surface area contributed by atoms with Gasteiger partial charge in [0.25, 0.3) is 5.56 Å². The minimum atomic E-state index is -0.428. The third kappa shape index (κ3) is 3.39. The topological polar surface area (TPSA) is 68.9 Å². The molecule has 6 heteroatoms. The van der Waals surface area contributed by atoms with Crippen molar-refractivity contribution in [3.63, 3.8) is 0 Å². The van der Waals surface area contributed by atoms with Gasteiger partial charge < -0.3 is 5.32 Å². The van der Waals surface area contributed by atoms with Crippen LogP contribution >= 0.6 is 0 Å². The zero-order valence-electron chi connectivity index (χ0n) is 12.5. The Labute approximate surface area is 123 Å². The van der Waals surface area contributed by atoms with E-state index in [-0.39, 0.29) is 5.82 Å². The number of hydrogen-bond donors (Lipinski definition) is 1. The van der Waals surface area contributed by atoms with Crippen LogP contribution in [0.25, 0.3) is 0 Å². The molecular weight excluding hydrogens is 268 g/mol. The fourth-order valence-electron chi connectivity index (χ4n) is 2.16. The maximum absolute atomic E-state index is 11.9. The molecule has 21 heavy (non-hydrogen) atoms. The van der Waals surface area contributed by atoms with Gasteiger partial charge in [0.15, 0.2) is 0 Å². The largest absolute Gasteiger partial charge is 0.364 e. The zero-order valence-corrected chi connectivity index (χ0v) is 12.5. The Morgan fingerprint density at radius 1 is 1.19 bits per heavy atom. The molecule has 2 aromatic rings. The highest BCUT2D eigenvalue weighted by Crippen LogP contribution is 2.17. The second-order valence-corrected chi connectivity index (χ2v) is 5.15. The summed E-state index contributed by atoms with van der Waals surface area (Å²) in [7, 11) is 2.98. The van der Waals surface area contributed by atoms with Crippen molar-refractivity contribution in [3.05, 3.63) is 56.7 Å². The van der Waals surface area contributed by atoms with E-state index in [0.29, 0.717) is 12.5 Å². The fourth-order valence-corrected chi connectivity index (χ4v) is 2.16. The Kier molecular flexibility index (Phi) is 4.57. The quantitative estimate of drug-likeness (QED) is 0.894. The van der Waals surface area contributed by atoms with Crippen molar-refractivity contribution >= 4 is 5.82 Å². The van der Waals surface area contributed by atoms with Crippen LogP contribution in [0.2, 0.25) is 0 Å². The number of hydrogen-bond acceptors (Lipinski definition) is 4. The van der Waals surface area contributed by atoms with Crippen LogP contribution < -0.4 is 16.6 Å². The maximum atomic E-state index is 11.9. The van der Waals surface area contributed by atoms with E-state index in [1.807, 2.05) is 18.2 Å². The molecule has 0 amide bonds. The summed E-state index contributed by atoms with van der Waals surface area (Å²) in [6, 6.07) is 10.2. The SMILES string of the molecule is CC(CCNc1nn(C)c(=O)n(C)c1=O)c1ccccc1. The Bertz CT molecular complexity index is 719. The van der Waals surface area contributed by atoms with E-state index in [0.717, 1.165) is 15.7 Å². The van der Waals surface area contributed by atoms with E-state index in [9.17, 15) is 9.59 Å². The highest BCUT2D eigenvalue weighted by Gasteiger charge is 2.09. The molecule has 0 saturated carbocycles. The van der Waals surface area contributed by atoms with Crippen molar-refractivity contribution in [2.75, 3.05) is 11.9 Å². The number of benzene rings is 1. The third-order valence-electron chi connectivity index (χ3n) is 3.56. The molecule has 6 nitrogen and oxygen atoms in total. The van der Waals surface area contributed by atoms with Crippen LogP contribution in [0.5, 0.6) is 0 Å². The molecule has 0 fully saturated rings. The lowest BCUT2D eigenvalue weighted by Gasteiger charge is -2.13. The van der Waals surface area contributed by atoms with Crippen molar-refractivity contribution in [2.24, 2.45) is 14.1 Å². The number of aromatic nitrogens is 3. The molecule has 0 spiro atoms. The van der Waals surface area contributed by atoms with Gasteiger partial charge in [0.2, 0.25) is 5.82 Å². The van der Waals surface area contributed by atoms with Gasteiger partial charge in [0, 0.05) is 20.6 Å². The zero-order chi connectivity index (χ0) is 15.4. The molecule has 1 heterocycles. The number of nitrogens with zero attached hydrogens (tertiary/aromatic N) is 3. The minimum Gasteiger partial charge on any atom is -0.364 e. The van der Waals surface area contributed by atoms with E-state index in [2.05, 4.69) is 29.5 Å². The van der Waals surface area contributed by atoms with Crippen molar-refractivity contribution in [1.29, 1.82) is 0 Å². The van der Waals surface area contributed by atoms with Crippen molar-refractivity contribution in [2.45, 2.75) is 19.3 Å². The molecule has 1 atom stereocenters. The summed E-state index contributed by atoms with van der Waals surface area (Å²) in [4.78, 5) is 23.5. The Morgan fingerprint density at radius 2 is 1.86 bits per heavy atom. The van der Waals surface area contributed by atoms with Gasteiger partial charge >= 0.3 is 5.69 Å². The molecule has 0 radical (unpaired) electrons. The van der Waals surface area contributed by atoms with E-state index in [1.54, 1.807) is 0 Å². The van der Waals surface area contributed by atoms with Crippen LogP contribution in [0.3, 0.4) is 0 Å². The van der Waals surface area contributed by atoms with Gasteiger partial charge in [-0.1, -0.05) is 37.3 Å². The highest BCUT2D eigenvalue weighted by atomic mass is 16.2. The summed E-state index contributed by atoms with van der Waals surface area (Å²) in [5, 5.41) is 6.98. The monoisotopic (exact) mass is 288 g/mol. The molecule has 0 aliphatic heterocycles. The molecule has 0 aliphatic rings. The van der Waals surface area contributed by atoms with E-state index in [4.69, 9.17) is 0 Å². The maximum Gasteiger partial charge on any atom is 0.346 e. The Hall–Kier alpha value is -2.37. The van der Waals surface area contributed by atoms with Crippen LogP contribution in [0, 0.1) is 0 Å². The summed E-state index contributed by atoms with van der Waals surface area (Å²) in [6.07, 6.45) is 0.873. The predicted octanol–water partition coefficient (Wildman–Crippen LogP) is 1.08. The van der Waals surface area contributed by atoms with Gasteiger partial charge in [-0.15, -0.1) is 5.10 Å². The molecule has 1 N–H and O–H groups in total. The van der Waals surface area contributed by atoms with E-state index in [1.165, 1.54) is 19.7 Å². The molecule has 1 aromatic carbocycles. The number of aryl methyl sites for hydroxylation is 1. The van der Waals surface area contributed by atoms with E-state index < -0.39 is 11.2 Å². The second-order valence-electron chi connectivity index (χ2n) is 5.15. The van der Waals surface area contributed by atoms with Gasteiger partial charge in [0.05, 0.1) is 0 Å². The van der Waals surface area contributed by atoms with Gasteiger partial charge in [0.1, 0.15) is 0 Å². The predicted molar refractivity (Wildman–Crippen MR) is 82.7 cm³/mol. The molecule has 1 aromatic heterocycles.